The standard InChI is InChI=1S/C20H28N2O3/c23-20(21-17-6-7-17)11-18-10-16-12-22(13-19(16)25-18)8-9-24-14-15-4-2-1-3-5-15/h1-5,16-19H,6-14H2,(H,21,23)/t16-,18-,19+/m0/s1. The van der Waals surface area contributed by atoms with Gasteiger partial charge in [0.1, 0.15) is 0 Å². The first kappa shape index (κ1) is 17.0. The first-order chi connectivity index (χ1) is 12.3. The third-order valence-electron chi connectivity index (χ3n) is 5.41. The molecule has 1 aromatic carbocycles. The van der Waals surface area contributed by atoms with Gasteiger partial charge in [0.2, 0.25) is 5.91 Å². The molecule has 3 aliphatic rings. The Labute approximate surface area is 149 Å². The first-order valence-corrected chi connectivity index (χ1v) is 9.55. The number of nitrogens with zero attached hydrogens (tertiary/aromatic N) is 1. The summed E-state index contributed by atoms with van der Waals surface area (Å²) in [5.41, 5.74) is 1.22. The molecule has 3 fully saturated rings. The van der Waals surface area contributed by atoms with E-state index in [1.54, 1.807) is 0 Å². The van der Waals surface area contributed by atoms with Crippen molar-refractivity contribution in [2.75, 3.05) is 26.2 Å². The number of carbonyl (C=O) groups excluding carboxylic acids is 1. The fourth-order valence-corrected chi connectivity index (χ4v) is 3.94. The van der Waals surface area contributed by atoms with Crippen LogP contribution in [-0.2, 0) is 20.9 Å². The highest BCUT2D eigenvalue weighted by atomic mass is 16.5. The lowest BCUT2D eigenvalue weighted by atomic mass is 10.0. The number of rotatable bonds is 8. The zero-order valence-electron chi connectivity index (χ0n) is 14.7. The van der Waals surface area contributed by atoms with Gasteiger partial charge in [0.05, 0.1) is 31.8 Å². The molecular weight excluding hydrogens is 316 g/mol. The van der Waals surface area contributed by atoms with E-state index in [4.69, 9.17) is 9.47 Å². The smallest absolute Gasteiger partial charge is 0.222 e. The molecule has 5 heteroatoms. The van der Waals surface area contributed by atoms with Crippen molar-refractivity contribution >= 4 is 5.91 Å². The second kappa shape index (κ2) is 7.85. The Hall–Kier alpha value is -1.43. The Morgan fingerprint density at radius 2 is 2.08 bits per heavy atom. The van der Waals surface area contributed by atoms with Crippen LogP contribution in [0.5, 0.6) is 0 Å². The van der Waals surface area contributed by atoms with Crippen LogP contribution < -0.4 is 5.32 Å². The van der Waals surface area contributed by atoms with E-state index in [2.05, 4.69) is 22.3 Å². The fraction of sp³-hybridized carbons (Fsp3) is 0.650. The average Bonchev–Trinajstić information content (AvgIpc) is 3.21. The quantitative estimate of drug-likeness (QED) is 0.733. The van der Waals surface area contributed by atoms with Gasteiger partial charge < -0.3 is 14.8 Å². The second-order valence-corrected chi connectivity index (χ2v) is 7.64. The molecule has 5 nitrogen and oxygen atoms in total. The highest BCUT2D eigenvalue weighted by Crippen LogP contribution is 2.34. The normalized spacial score (nSPS) is 28.9. The largest absolute Gasteiger partial charge is 0.375 e. The summed E-state index contributed by atoms with van der Waals surface area (Å²) in [5, 5.41) is 3.06. The molecule has 4 rings (SSSR count). The van der Waals surface area contributed by atoms with Crippen LogP contribution in [0.25, 0.3) is 0 Å². The molecule has 1 N–H and O–H groups in total. The summed E-state index contributed by atoms with van der Waals surface area (Å²) in [7, 11) is 0. The highest BCUT2D eigenvalue weighted by molar-refractivity contribution is 5.77. The van der Waals surface area contributed by atoms with Gasteiger partial charge in [0, 0.05) is 31.6 Å². The second-order valence-electron chi connectivity index (χ2n) is 7.64. The third kappa shape index (κ3) is 4.81. The van der Waals surface area contributed by atoms with Crippen LogP contribution in [0.4, 0.5) is 0 Å². The molecule has 1 aromatic rings. The number of likely N-dealkylation sites (tertiary alicyclic amines) is 1. The van der Waals surface area contributed by atoms with Crippen molar-refractivity contribution in [2.24, 2.45) is 5.92 Å². The minimum Gasteiger partial charge on any atom is -0.375 e. The van der Waals surface area contributed by atoms with Crippen molar-refractivity contribution in [3.05, 3.63) is 35.9 Å². The minimum absolute atomic E-state index is 0.116. The topological polar surface area (TPSA) is 50.8 Å². The van der Waals surface area contributed by atoms with Crippen LogP contribution in [0, 0.1) is 5.92 Å². The molecule has 2 heterocycles. The Bertz CT molecular complexity index is 562. The number of hydrogen-bond acceptors (Lipinski definition) is 4. The lowest BCUT2D eigenvalue weighted by Gasteiger charge is -2.19. The molecule has 1 saturated carbocycles. The summed E-state index contributed by atoms with van der Waals surface area (Å²) >= 11 is 0. The lowest BCUT2D eigenvalue weighted by molar-refractivity contribution is -0.123. The van der Waals surface area contributed by atoms with Gasteiger partial charge in [0.15, 0.2) is 0 Å². The SMILES string of the molecule is O=C(C[C@@H]1C[C@H]2CN(CCOCc3ccccc3)C[C@H]2O1)NC1CC1. The van der Waals surface area contributed by atoms with Crippen LogP contribution in [0.2, 0.25) is 0 Å². The Kier molecular flexibility index (Phi) is 5.34. The van der Waals surface area contributed by atoms with Gasteiger partial charge in [-0.1, -0.05) is 30.3 Å². The average molecular weight is 344 g/mol. The van der Waals surface area contributed by atoms with E-state index in [1.165, 1.54) is 5.56 Å². The number of nitrogens with one attached hydrogen (secondary N) is 1. The molecule has 0 bridgehead atoms. The summed E-state index contributed by atoms with van der Waals surface area (Å²) in [5.74, 6) is 0.742. The van der Waals surface area contributed by atoms with Crippen LogP contribution in [-0.4, -0.2) is 55.3 Å². The van der Waals surface area contributed by atoms with Gasteiger partial charge in [0.25, 0.3) is 0 Å². The molecule has 2 aliphatic heterocycles. The van der Waals surface area contributed by atoms with E-state index in [0.717, 1.165) is 45.5 Å². The summed E-state index contributed by atoms with van der Waals surface area (Å²) in [6.07, 6.45) is 4.25. The lowest BCUT2D eigenvalue weighted by Crippen LogP contribution is -2.31. The maximum atomic E-state index is 11.9. The molecule has 0 aromatic heterocycles. The number of fused-ring (bicyclic) bond motifs is 1. The molecule has 0 radical (unpaired) electrons. The summed E-state index contributed by atoms with van der Waals surface area (Å²) < 4.78 is 11.9. The number of benzene rings is 1. The Morgan fingerprint density at radius 1 is 1.24 bits per heavy atom. The van der Waals surface area contributed by atoms with E-state index in [1.807, 2.05) is 18.2 Å². The maximum Gasteiger partial charge on any atom is 0.222 e. The van der Waals surface area contributed by atoms with E-state index in [0.29, 0.717) is 31.1 Å². The van der Waals surface area contributed by atoms with Crippen molar-refractivity contribution in [1.82, 2.24) is 10.2 Å². The van der Waals surface area contributed by atoms with Crippen molar-refractivity contribution in [2.45, 2.75) is 50.5 Å². The van der Waals surface area contributed by atoms with Crippen LogP contribution >= 0.6 is 0 Å². The summed E-state index contributed by atoms with van der Waals surface area (Å²) in [6, 6.07) is 10.7. The maximum absolute atomic E-state index is 11.9. The molecule has 0 spiro atoms. The number of carbonyl (C=O) groups is 1. The van der Waals surface area contributed by atoms with Gasteiger partial charge >= 0.3 is 0 Å². The Balaban J connectivity index is 1.11. The molecule has 136 valence electrons. The van der Waals surface area contributed by atoms with E-state index in [9.17, 15) is 4.79 Å². The monoisotopic (exact) mass is 344 g/mol. The summed E-state index contributed by atoms with van der Waals surface area (Å²) in [4.78, 5) is 14.3. The first-order valence-electron chi connectivity index (χ1n) is 9.55. The molecule has 0 unspecified atom stereocenters. The number of hydrogen-bond donors (Lipinski definition) is 1. The van der Waals surface area contributed by atoms with Gasteiger partial charge in [-0.2, -0.15) is 0 Å². The van der Waals surface area contributed by atoms with Gasteiger partial charge in [-0.3, -0.25) is 9.69 Å². The molecule has 1 amide bonds. The highest BCUT2D eigenvalue weighted by Gasteiger charge is 2.42. The van der Waals surface area contributed by atoms with Crippen molar-refractivity contribution in [3.63, 3.8) is 0 Å². The van der Waals surface area contributed by atoms with E-state index < -0.39 is 0 Å². The van der Waals surface area contributed by atoms with Crippen molar-refractivity contribution < 1.29 is 14.3 Å². The van der Waals surface area contributed by atoms with Gasteiger partial charge in [-0.15, -0.1) is 0 Å². The fourth-order valence-electron chi connectivity index (χ4n) is 3.94. The van der Waals surface area contributed by atoms with Gasteiger partial charge in [-0.05, 0) is 24.8 Å². The van der Waals surface area contributed by atoms with Crippen LogP contribution in [0.15, 0.2) is 30.3 Å². The zero-order chi connectivity index (χ0) is 17.1. The molecule has 25 heavy (non-hydrogen) atoms. The molecular formula is C20H28N2O3. The molecule has 3 atom stereocenters. The Morgan fingerprint density at radius 3 is 2.84 bits per heavy atom. The van der Waals surface area contributed by atoms with Gasteiger partial charge in [-0.25, -0.2) is 0 Å². The zero-order valence-corrected chi connectivity index (χ0v) is 14.7. The summed E-state index contributed by atoms with van der Waals surface area (Å²) in [6.45, 7) is 4.42. The van der Waals surface area contributed by atoms with Crippen molar-refractivity contribution in [3.8, 4) is 0 Å². The number of amides is 1. The van der Waals surface area contributed by atoms with Crippen LogP contribution in [0.3, 0.4) is 0 Å². The molecule has 1 aliphatic carbocycles. The van der Waals surface area contributed by atoms with E-state index >= 15 is 0 Å². The third-order valence-corrected chi connectivity index (χ3v) is 5.41. The predicted molar refractivity (Wildman–Crippen MR) is 95.1 cm³/mol. The van der Waals surface area contributed by atoms with Crippen LogP contribution in [0.1, 0.15) is 31.2 Å². The molecule has 2 saturated heterocycles. The van der Waals surface area contributed by atoms with E-state index in [-0.39, 0.29) is 12.0 Å². The number of ether oxygens (including phenoxy) is 2. The predicted octanol–water partition coefficient (Wildman–Crippen LogP) is 1.96. The minimum atomic E-state index is 0.116. The van der Waals surface area contributed by atoms with Crippen molar-refractivity contribution in [1.29, 1.82) is 0 Å².